The molecule has 2 aromatic rings. The number of benzene rings is 1. The molecule has 2 aliphatic rings. The number of amides is 1. The average Bonchev–Trinajstić information content (AvgIpc) is 3.14. The molecule has 1 aliphatic carbocycles. The number of H-pyrrole nitrogens is 1. The van der Waals surface area contributed by atoms with Crippen LogP contribution in [-0.2, 0) is 22.3 Å². The van der Waals surface area contributed by atoms with Gasteiger partial charge in [-0.3, -0.25) is 9.89 Å². The standard InChI is InChI=1S/C18H18N4O3/c19-7-14-6-13(18(23)20-9-15-10-24-3-4-25-15)5-11-1-2-12-8-21-22-17(12)16(11)14/h5-6,8,15H,1-4,9-10H2,(H,20,23)(H,21,22)/t15-/m1/s1. The number of nitriles is 1. The lowest BCUT2D eigenvalue weighted by atomic mass is 9.86. The summed E-state index contributed by atoms with van der Waals surface area (Å²) in [7, 11) is 0. The molecule has 0 bridgehead atoms. The second kappa shape index (κ2) is 6.67. The van der Waals surface area contributed by atoms with E-state index in [4.69, 9.17) is 9.47 Å². The lowest BCUT2D eigenvalue weighted by molar-refractivity contribution is -0.0855. The fraction of sp³-hybridized carbons (Fsp3) is 0.389. The number of aryl methyl sites for hydroxylation is 2. The molecular formula is C18H18N4O3. The quantitative estimate of drug-likeness (QED) is 0.876. The van der Waals surface area contributed by atoms with Crippen molar-refractivity contribution in [3.8, 4) is 17.3 Å². The van der Waals surface area contributed by atoms with Crippen LogP contribution in [0, 0.1) is 11.3 Å². The molecule has 7 heteroatoms. The Morgan fingerprint density at radius 2 is 2.24 bits per heavy atom. The number of rotatable bonds is 3. The molecule has 1 aromatic carbocycles. The van der Waals surface area contributed by atoms with E-state index in [1.54, 1.807) is 12.3 Å². The SMILES string of the molecule is N#Cc1cc(C(=O)NC[C@@H]2COCCO2)cc2c1-c1[nH]ncc1CC2. The molecule has 1 atom stereocenters. The number of hydrogen-bond donors (Lipinski definition) is 2. The van der Waals surface area contributed by atoms with Gasteiger partial charge in [-0.25, -0.2) is 0 Å². The Balaban J connectivity index is 1.57. The van der Waals surface area contributed by atoms with Crippen molar-refractivity contribution in [1.29, 1.82) is 5.26 Å². The first-order valence-electron chi connectivity index (χ1n) is 8.33. The van der Waals surface area contributed by atoms with Crippen LogP contribution in [0.15, 0.2) is 18.3 Å². The van der Waals surface area contributed by atoms with Crippen molar-refractivity contribution in [3.05, 3.63) is 40.6 Å². The van der Waals surface area contributed by atoms with Gasteiger partial charge >= 0.3 is 0 Å². The van der Waals surface area contributed by atoms with Crippen molar-refractivity contribution >= 4 is 5.91 Å². The first-order valence-corrected chi connectivity index (χ1v) is 8.33. The second-order valence-corrected chi connectivity index (χ2v) is 6.22. The predicted octanol–water partition coefficient (Wildman–Crippen LogP) is 1.19. The number of ether oxygens (including phenoxy) is 2. The van der Waals surface area contributed by atoms with E-state index >= 15 is 0 Å². The minimum atomic E-state index is -0.205. The van der Waals surface area contributed by atoms with Crippen LogP contribution in [0.2, 0.25) is 0 Å². The maximum Gasteiger partial charge on any atom is 0.251 e. The molecule has 25 heavy (non-hydrogen) atoms. The Morgan fingerprint density at radius 3 is 3.04 bits per heavy atom. The zero-order valence-electron chi connectivity index (χ0n) is 13.7. The lowest BCUT2D eigenvalue weighted by Crippen LogP contribution is -2.39. The van der Waals surface area contributed by atoms with Crippen LogP contribution >= 0.6 is 0 Å². The van der Waals surface area contributed by atoms with Gasteiger partial charge in [0.25, 0.3) is 5.91 Å². The molecule has 0 radical (unpaired) electrons. The molecule has 1 amide bonds. The van der Waals surface area contributed by atoms with Gasteiger partial charge in [0.15, 0.2) is 0 Å². The highest BCUT2D eigenvalue weighted by Gasteiger charge is 2.24. The zero-order valence-corrected chi connectivity index (χ0v) is 13.7. The molecule has 4 rings (SSSR count). The molecular weight excluding hydrogens is 320 g/mol. The van der Waals surface area contributed by atoms with Crippen molar-refractivity contribution in [2.75, 3.05) is 26.4 Å². The highest BCUT2D eigenvalue weighted by Crippen LogP contribution is 2.35. The fourth-order valence-corrected chi connectivity index (χ4v) is 3.36. The highest BCUT2D eigenvalue weighted by atomic mass is 16.6. The highest BCUT2D eigenvalue weighted by molar-refractivity contribution is 5.96. The molecule has 1 aromatic heterocycles. The Bertz CT molecular complexity index is 846. The van der Waals surface area contributed by atoms with Crippen molar-refractivity contribution in [1.82, 2.24) is 15.5 Å². The molecule has 0 spiro atoms. The minimum absolute atomic E-state index is 0.127. The van der Waals surface area contributed by atoms with Crippen molar-refractivity contribution < 1.29 is 14.3 Å². The van der Waals surface area contributed by atoms with Gasteiger partial charge in [-0.1, -0.05) is 0 Å². The maximum atomic E-state index is 12.5. The summed E-state index contributed by atoms with van der Waals surface area (Å²) in [5.41, 5.74) is 4.84. The molecule has 1 saturated heterocycles. The number of aromatic nitrogens is 2. The summed E-state index contributed by atoms with van der Waals surface area (Å²) in [6, 6.07) is 5.72. The normalized spacial score (nSPS) is 18.8. The van der Waals surface area contributed by atoms with Crippen molar-refractivity contribution in [3.63, 3.8) is 0 Å². The van der Waals surface area contributed by atoms with Crippen LogP contribution in [0.1, 0.15) is 27.0 Å². The molecule has 0 saturated carbocycles. The van der Waals surface area contributed by atoms with Crippen molar-refractivity contribution in [2.24, 2.45) is 0 Å². The first kappa shape index (κ1) is 15.8. The molecule has 1 aliphatic heterocycles. The number of aromatic amines is 1. The number of nitrogens with one attached hydrogen (secondary N) is 2. The van der Waals surface area contributed by atoms with E-state index < -0.39 is 0 Å². The molecule has 0 unspecified atom stereocenters. The van der Waals surface area contributed by atoms with Crippen LogP contribution in [-0.4, -0.2) is 48.6 Å². The van der Waals surface area contributed by atoms with E-state index in [9.17, 15) is 10.1 Å². The van der Waals surface area contributed by atoms with Gasteiger partial charge in [-0.2, -0.15) is 10.4 Å². The maximum absolute atomic E-state index is 12.5. The zero-order chi connectivity index (χ0) is 17.2. The number of hydrogen-bond acceptors (Lipinski definition) is 5. The van der Waals surface area contributed by atoms with Gasteiger partial charge in [-0.15, -0.1) is 0 Å². The van der Waals surface area contributed by atoms with Crippen LogP contribution in [0.3, 0.4) is 0 Å². The van der Waals surface area contributed by atoms with Gasteiger partial charge < -0.3 is 14.8 Å². The van der Waals surface area contributed by atoms with Crippen LogP contribution in [0.5, 0.6) is 0 Å². The Hall–Kier alpha value is -2.69. The minimum Gasteiger partial charge on any atom is -0.376 e. The summed E-state index contributed by atoms with van der Waals surface area (Å²) >= 11 is 0. The molecule has 128 valence electrons. The molecule has 2 N–H and O–H groups in total. The first-order chi connectivity index (χ1) is 12.3. The van der Waals surface area contributed by atoms with E-state index in [-0.39, 0.29) is 12.0 Å². The van der Waals surface area contributed by atoms with Crippen LogP contribution in [0.25, 0.3) is 11.3 Å². The topological polar surface area (TPSA) is 100 Å². The smallest absolute Gasteiger partial charge is 0.251 e. The lowest BCUT2D eigenvalue weighted by Gasteiger charge is -2.23. The molecule has 1 fully saturated rings. The van der Waals surface area contributed by atoms with Gasteiger partial charge in [0.1, 0.15) is 0 Å². The van der Waals surface area contributed by atoms with Crippen molar-refractivity contribution in [2.45, 2.75) is 18.9 Å². The third-order valence-electron chi connectivity index (χ3n) is 4.61. The molecule has 2 heterocycles. The summed E-state index contributed by atoms with van der Waals surface area (Å²) < 4.78 is 10.9. The van der Waals surface area contributed by atoms with Gasteiger partial charge in [0, 0.05) is 17.7 Å². The largest absolute Gasteiger partial charge is 0.376 e. The van der Waals surface area contributed by atoms with E-state index in [0.29, 0.717) is 37.5 Å². The Labute approximate surface area is 144 Å². The molecule has 7 nitrogen and oxygen atoms in total. The Kier molecular flexibility index (Phi) is 4.22. The van der Waals surface area contributed by atoms with Crippen LogP contribution in [0.4, 0.5) is 0 Å². The third-order valence-corrected chi connectivity index (χ3v) is 4.61. The summed E-state index contributed by atoms with van der Waals surface area (Å²) in [6.07, 6.45) is 3.31. The number of carbonyl (C=O) groups excluding carboxylic acids is 1. The monoisotopic (exact) mass is 338 g/mol. The third kappa shape index (κ3) is 3.02. The van der Waals surface area contributed by atoms with E-state index in [0.717, 1.165) is 35.2 Å². The average molecular weight is 338 g/mol. The fourth-order valence-electron chi connectivity index (χ4n) is 3.36. The summed E-state index contributed by atoms with van der Waals surface area (Å²) in [6.45, 7) is 2.01. The number of carbonyl (C=O) groups is 1. The number of fused-ring (bicyclic) bond motifs is 3. The second-order valence-electron chi connectivity index (χ2n) is 6.22. The predicted molar refractivity (Wildman–Crippen MR) is 89.0 cm³/mol. The van der Waals surface area contributed by atoms with Gasteiger partial charge in [0.05, 0.1) is 49.4 Å². The number of nitrogens with zero attached hydrogens (tertiary/aromatic N) is 2. The van der Waals surface area contributed by atoms with E-state index in [1.165, 1.54) is 0 Å². The van der Waals surface area contributed by atoms with Gasteiger partial charge in [-0.05, 0) is 36.1 Å². The van der Waals surface area contributed by atoms with Crippen LogP contribution < -0.4 is 5.32 Å². The Morgan fingerprint density at radius 1 is 1.36 bits per heavy atom. The summed E-state index contributed by atoms with van der Waals surface area (Å²) in [5.74, 6) is -0.205. The van der Waals surface area contributed by atoms with E-state index in [2.05, 4.69) is 21.6 Å². The summed E-state index contributed by atoms with van der Waals surface area (Å²) in [4.78, 5) is 12.5. The summed E-state index contributed by atoms with van der Waals surface area (Å²) in [5, 5.41) is 19.5. The van der Waals surface area contributed by atoms with E-state index in [1.807, 2.05) is 6.07 Å². The van der Waals surface area contributed by atoms with Gasteiger partial charge in [0.2, 0.25) is 0 Å².